The fraction of sp³-hybridized carbons (Fsp3) is 0.364. The number of carbonyl (C=O) groups excluding carboxylic acids is 1. The van der Waals surface area contributed by atoms with Gasteiger partial charge < -0.3 is 15.8 Å². The van der Waals surface area contributed by atoms with Gasteiger partial charge >= 0.3 is 0 Å². The Labute approximate surface area is 99.5 Å². The summed E-state index contributed by atoms with van der Waals surface area (Å²) < 4.78 is 5.02. The molecule has 0 radical (unpaired) electrons. The van der Waals surface area contributed by atoms with Gasteiger partial charge in [-0.05, 0) is 17.9 Å². The average Bonchev–Trinajstić information content (AvgIpc) is 2.29. The molecular weight excluding hydrogens is 224 g/mol. The number of nitrogen functional groups attached to an aromatic ring is 1. The molecule has 0 bridgehead atoms. The Morgan fingerprint density at radius 2 is 2.31 bits per heavy atom. The van der Waals surface area contributed by atoms with Gasteiger partial charge in [0.2, 0.25) is 5.91 Å². The van der Waals surface area contributed by atoms with Crippen LogP contribution >= 0.6 is 11.8 Å². The Morgan fingerprint density at radius 1 is 1.56 bits per heavy atom. The molecule has 88 valence electrons. The zero-order chi connectivity index (χ0) is 12.0. The molecule has 1 amide bonds. The van der Waals surface area contributed by atoms with E-state index in [1.165, 1.54) is 0 Å². The summed E-state index contributed by atoms with van der Waals surface area (Å²) in [4.78, 5) is 11.5. The lowest BCUT2D eigenvalue weighted by molar-refractivity contribution is -0.113. The second-order valence-electron chi connectivity index (χ2n) is 3.14. The third-order valence-corrected chi connectivity index (χ3v) is 2.84. The van der Waals surface area contributed by atoms with Crippen LogP contribution in [0.15, 0.2) is 18.2 Å². The van der Waals surface area contributed by atoms with Crippen LogP contribution in [0, 0.1) is 0 Å². The van der Waals surface area contributed by atoms with Crippen molar-refractivity contribution < 1.29 is 9.53 Å². The molecule has 5 heteroatoms. The smallest absolute Gasteiger partial charge is 0.234 e. The maximum atomic E-state index is 11.5. The number of carbonyl (C=O) groups is 1. The summed E-state index contributed by atoms with van der Waals surface area (Å²) in [5.74, 6) is 2.01. The van der Waals surface area contributed by atoms with Gasteiger partial charge in [-0.15, -0.1) is 0 Å². The highest BCUT2D eigenvalue weighted by molar-refractivity contribution is 7.99. The SMILES string of the molecule is CCSCC(=O)Nc1ccc(OC)cc1N. The number of nitrogens with two attached hydrogens (primary N) is 1. The maximum absolute atomic E-state index is 11.5. The lowest BCUT2D eigenvalue weighted by atomic mass is 10.2. The minimum absolute atomic E-state index is 0.0382. The molecule has 16 heavy (non-hydrogen) atoms. The van der Waals surface area contributed by atoms with Gasteiger partial charge in [0, 0.05) is 6.07 Å². The first-order valence-corrected chi connectivity index (χ1v) is 6.14. The van der Waals surface area contributed by atoms with Crippen molar-refractivity contribution >= 4 is 29.0 Å². The predicted octanol–water partition coefficient (Wildman–Crippen LogP) is 1.97. The van der Waals surface area contributed by atoms with E-state index in [9.17, 15) is 4.79 Å². The molecule has 3 N–H and O–H groups in total. The molecule has 0 unspecified atom stereocenters. The molecule has 1 rings (SSSR count). The molecule has 0 aromatic heterocycles. The van der Waals surface area contributed by atoms with Crippen LogP contribution in [0.3, 0.4) is 0 Å². The van der Waals surface area contributed by atoms with E-state index in [0.29, 0.717) is 22.9 Å². The molecule has 0 atom stereocenters. The molecule has 0 aliphatic heterocycles. The topological polar surface area (TPSA) is 64.3 Å². The van der Waals surface area contributed by atoms with Gasteiger partial charge in [0.15, 0.2) is 0 Å². The lowest BCUT2D eigenvalue weighted by Gasteiger charge is -2.09. The van der Waals surface area contributed by atoms with E-state index in [0.717, 1.165) is 5.75 Å². The zero-order valence-corrected chi connectivity index (χ0v) is 10.3. The van der Waals surface area contributed by atoms with Crippen molar-refractivity contribution in [3.05, 3.63) is 18.2 Å². The second-order valence-corrected chi connectivity index (χ2v) is 4.41. The van der Waals surface area contributed by atoms with Gasteiger partial charge in [0.05, 0.1) is 24.2 Å². The Kier molecular flexibility index (Phi) is 4.98. The Balaban J connectivity index is 2.63. The summed E-state index contributed by atoms with van der Waals surface area (Å²) >= 11 is 1.57. The molecule has 1 aromatic carbocycles. The van der Waals surface area contributed by atoms with Crippen molar-refractivity contribution in [1.29, 1.82) is 0 Å². The van der Waals surface area contributed by atoms with Crippen molar-refractivity contribution in [3.63, 3.8) is 0 Å². The van der Waals surface area contributed by atoms with E-state index < -0.39 is 0 Å². The number of hydrogen-bond acceptors (Lipinski definition) is 4. The lowest BCUT2D eigenvalue weighted by Crippen LogP contribution is -2.15. The summed E-state index contributed by atoms with van der Waals surface area (Å²) in [6.45, 7) is 2.01. The molecule has 0 fully saturated rings. The van der Waals surface area contributed by atoms with Gasteiger partial charge in [-0.3, -0.25) is 4.79 Å². The van der Waals surface area contributed by atoms with Gasteiger partial charge in [0.25, 0.3) is 0 Å². The first-order valence-electron chi connectivity index (χ1n) is 4.98. The Bertz CT molecular complexity index is 369. The predicted molar refractivity (Wildman–Crippen MR) is 69.0 cm³/mol. The Morgan fingerprint density at radius 3 is 2.88 bits per heavy atom. The third-order valence-electron chi connectivity index (χ3n) is 1.97. The number of nitrogens with one attached hydrogen (secondary N) is 1. The number of anilines is 2. The number of amides is 1. The Hall–Kier alpha value is -1.36. The number of rotatable bonds is 5. The highest BCUT2D eigenvalue weighted by Gasteiger charge is 2.05. The highest BCUT2D eigenvalue weighted by atomic mass is 32.2. The maximum Gasteiger partial charge on any atom is 0.234 e. The summed E-state index contributed by atoms with van der Waals surface area (Å²) in [7, 11) is 1.57. The third kappa shape index (κ3) is 3.66. The fourth-order valence-electron chi connectivity index (χ4n) is 1.16. The summed E-state index contributed by atoms with van der Waals surface area (Å²) in [6.07, 6.45) is 0. The van der Waals surface area contributed by atoms with E-state index in [-0.39, 0.29) is 5.91 Å². The van der Waals surface area contributed by atoms with Crippen LogP contribution in [0.4, 0.5) is 11.4 Å². The zero-order valence-electron chi connectivity index (χ0n) is 9.45. The van der Waals surface area contributed by atoms with Crippen LogP contribution in [0.5, 0.6) is 5.75 Å². The van der Waals surface area contributed by atoms with E-state index in [1.54, 1.807) is 37.1 Å². The molecule has 0 aliphatic rings. The van der Waals surface area contributed by atoms with Crippen molar-refractivity contribution in [1.82, 2.24) is 0 Å². The first-order chi connectivity index (χ1) is 7.67. The standard InChI is InChI=1S/C11H16N2O2S/c1-3-16-7-11(14)13-10-5-4-8(15-2)6-9(10)12/h4-6H,3,7,12H2,1-2H3,(H,13,14). The molecular formula is C11H16N2O2S. The van der Waals surface area contributed by atoms with E-state index >= 15 is 0 Å². The van der Waals surface area contributed by atoms with Crippen molar-refractivity contribution in [3.8, 4) is 5.75 Å². The minimum Gasteiger partial charge on any atom is -0.497 e. The molecule has 0 aliphatic carbocycles. The van der Waals surface area contributed by atoms with Crippen LogP contribution in [0.2, 0.25) is 0 Å². The molecule has 1 aromatic rings. The first kappa shape index (κ1) is 12.7. The van der Waals surface area contributed by atoms with Crippen LogP contribution < -0.4 is 15.8 Å². The molecule has 0 saturated carbocycles. The number of thioether (sulfide) groups is 1. The van der Waals surface area contributed by atoms with Crippen molar-refractivity contribution in [2.24, 2.45) is 0 Å². The van der Waals surface area contributed by atoms with Crippen LogP contribution in [-0.4, -0.2) is 24.5 Å². The van der Waals surface area contributed by atoms with Crippen LogP contribution in [0.1, 0.15) is 6.92 Å². The average molecular weight is 240 g/mol. The van der Waals surface area contributed by atoms with Gasteiger partial charge in [-0.25, -0.2) is 0 Å². The van der Waals surface area contributed by atoms with E-state index in [4.69, 9.17) is 10.5 Å². The van der Waals surface area contributed by atoms with E-state index in [1.807, 2.05) is 6.92 Å². The summed E-state index contributed by atoms with van der Waals surface area (Å²) in [5, 5.41) is 2.76. The van der Waals surface area contributed by atoms with Crippen molar-refractivity contribution in [2.75, 3.05) is 29.7 Å². The normalized spacial score (nSPS) is 9.88. The number of benzene rings is 1. The monoisotopic (exact) mass is 240 g/mol. The van der Waals surface area contributed by atoms with Crippen molar-refractivity contribution in [2.45, 2.75) is 6.92 Å². The molecule has 0 saturated heterocycles. The number of hydrogen-bond donors (Lipinski definition) is 2. The van der Waals surface area contributed by atoms with Crippen LogP contribution in [0.25, 0.3) is 0 Å². The quantitative estimate of drug-likeness (QED) is 0.772. The summed E-state index contributed by atoms with van der Waals surface area (Å²) in [6, 6.07) is 5.18. The largest absolute Gasteiger partial charge is 0.497 e. The van der Waals surface area contributed by atoms with Gasteiger partial charge in [0.1, 0.15) is 5.75 Å². The second kappa shape index (κ2) is 6.27. The summed E-state index contributed by atoms with van der Waals surface area (Å²) in [5.41, 5.74) is 6.91. The molecule has 0 heterocycles. The van der Waals surface area contributed by atoms with E-state index in [2.05, 4.69) is 5.32 Å². The van der Waals surface area contributed by atoms with Gasteiger partial charge in [-0.1, -0.05) is 6.92 Å². The molecule has 0 spiro atoms. The molecule has 4 nitrogen and oxygen atoms in total. The number of ether oxygens (including phenoxy) is 1. The highest BCUT2D eigenvalue weighted by Crippen LogP contribution is 2.24. The minimum atomic E-state index is -0.0382. The fourth-order valence-corrected chi connectivity index (χ4v) is 1.62. The van der Waals surface area contributed by atoms with Gasteiger partial charge in [-0.2, -0.15) is 11.8 Å². The number of methoxy groups -OCH3 is 1. The van der Waals surface area contributed by atoms with Crippen LogP contribution in [-0.2, 0) is 4.79 Å².